The number of pyridine rings is 1. The number of nitrogens with zero attached hydrogens (tertiary/aromatic N) is 2. The van der Waals surface area contributed by atoms with Crippen LogP contribution < -0.4 is 20.3 Å². The molecule has 0 unspecified atom stereocenters. The lowest BCUT2D eigenvalue weighted by Crippen LogP contribution is -2.31. The molecule has 2 N–H and O–H groups in total. The minimum atomic E-state index is -0.266. The van der Waals surface area contributed by atoms with Crippen LogP contribution in [0.3, 0.4) is 0 Å². The molecule has 7 heteroatoms. The number of benzene rings is 1. The predicted octanol–water partition coefficient (Wildman–Crippen LogP) is 1.59. The first-order valence-electron chi connectivity index (χ1n) is 8.32. The van der Waals surface area contributed by atoms with E-state index in [0.717, 1.165) is 11.4 Å². The molecule has 0 atom stereocenters. The van der Waals surface area contributed by atoms with Gasteiger partial charge in [0, 0.05) is 45.4 Å². The molecule has 2 aromatic rings. The summed E-state index contributed by atoms with van der Waals surface area (Å²) < 4.78 is 5.16. The van der Waals surface area contributed by atoms with Crippen molar-refractivity contribution in [1.29, 1.82) is 0 Å². The van der Waals surface area contributed by atoms with Crippen molar-refractivity contribution in [3.05, 3.63) is 53.7 Å². The van der Waals surface area contributed by atoms with Crippen LogP contribution >= 0.6 is 0 Å². The Bertz CT molecular complexity index is 762. The number of methoxy groups -OCH3 is 1. The third-order valence-electron chi connectivity index (χ3n) is 3.76. The summed E-state index contributed by atoms with van der Waals surface area (Å²) in [4.78, 5) is 30.4. The molecule has 26 heavy (non-hydrogen) atoms. The Morgan fingerprint density at radius 2 is 1.88 bits per heavy atom. The van der Waals surface area contributed by atoms with Gasteiger partial charge >= 0.3 is 0 Å². The summed E-state index contributed by atoms with van der Waals surface area (Å²) in [5.74, 6) is 0.913. The SMILES string of the molecule is COc1ccccc1C(=O)NCCC(=O)NCc1cccnc1N(C)C. The van der Waals surface area contributed by atoms with E-state index in [1.165, 1.54) is 7.11 Å². The Labute approximate surface area is 153 Å². The van der Waals surface area contributed by atoms with Gasteiger partial charge in [0.1, 0.15) is 11.6 Å². The number of ether oxygens (including phenoxy) is 1. The number of para-hydroxylation sites is 1. The van der Waals surface area contributed by atoms with Crippen LogP contribution in [0.5, 0.6) is 5.75 Å². The molecular weight excluding hydrogens is 332 g/mol. The number of hydrogen-bond donors (Lipinski definition) is 2. The van der Waals surface area contributed by atoms with E-state index in [2.05, 4.69) is 15.6 Å². The average Bonchev–Trinajstić information content (AvgIpc) is 2.66. The molecule has 0 saturated carbocycles. The van der Waals surface area contributed by atoms with Gasteiger partial charge in [0.15, 0.2) is 0 Å². The molecule has 2 amide bonds. The van der Waals surface area contributed by atoms with Crippen molar-refractivity contribution in [2.45, 2.75) is 13.0 Å². The Kier molecular flexibility index (Phi) is 6.96. The number of carbonyl (C=O) groups is 2. The molecule has 1 aromatic carbocycles. The van der Waals surface area contributed by atoms with Crippen molar-refractivity contribution in [1.82, 2.24) is 15.6 Å². The maximum atomic E-state index is 12.2. The first-order chi connectivity index (χ1) is 12.5. The highest BCUT2D eigenvalue weighted by molar-refractivity contribution is 5.97. The van der Waals surface area contributed by atoms with Crippen LogP contribution in [0.1, 0.15) is 22.3 Å². The highest BCUT2D eigenvalue weighted by atomic mass is 16.5. The normalized spacial score (nSPS) is 10.1. The van der Waals surface area contributed by atoms with Crippen LogP contribution in [-0.2, 0) is 11.3 Å². The number of aromatic nitrogens is 1. The van der Waals surface area contributed by atoms with Crippen LogP contribution in [0.4, 0.5) is 5.82 Å². The largest absolute Gasteiger partial charge is 0.496 e. The Balaban J connectivity index is 1.80. The van der Waals surface area contributed by atoms with E-state index in [4.69, 9.17) is 4.74 Å². The Hall–Kier alpha value is -3.09. The molecule has 0 aliphatic rings. The van der Waals surface area contributed by atoms with Gasteiger partial charge < -0.3 is 20.3 Å². The van der Waals surface area contributed by atoms with Gasteiger partial charge in [-0.05, 0) is 18.2 Å². The first-order valence-corrected chi connectivity index (χ1v) is 8.32. The van der Waals surface area contributed by atoms with Crippen molar-refractivity contribution < 1.29 is 14.3 Å². The minimum Gasteiger partial charge on any atom is -0.496 e. The number of amides is 2. The van der Waals surface area contributed by atoms with Gasteiger partial charge in [-0.1, -0.05) is 18.2 Å². The number of anilines is 1. The van der Waals surface area contributed by atoms with Gasteiger partial charge in [0.05, 0.1) is 12.7 Å². The maximum Gasteiger partial charge on any atom is 0.255 e. The zero-order valence-electron chi connectivity index (χ0n) is 15.3. The fourth-order valence-electron chi connectivity index (χ4n) is 2.47. The third kappa shape index (κ3) is 5.20. The highest BCUT2D eigenvalue weighted by Gasteiger charge is 2.12. The molecular formula is C19H24N4O3. The van der Waals surface area contributed by atoms with Crippen LogP contribution in [0, 0.1) is 0 Å². The lowest BCUT2D eigenvalue weighted by atomic mass is 10.2. The quantitative estimate of drug-likeness (QED) is 0.750. The molecule has 0 aliphatic heterocycles. The fourth-order valence-corrected chi connectivity index (χ4v) is 2.47. The van der Waals surface area contributed by atoms with Gasteiger partial charge in [-0.15, -0.1) is 0 Å². The van der Waals surface area contributed by atoms with Gasteiger partial charge in [0.2, 0.25) is 5.91 Å². The van der Waals surface area contributed by atoms with Crippen molar-refractivity contribution in [2.75, 3.05) is 32.6 Å². The molecule has 0 spiro atoms. The maximum absolute atomic E-state index is 12.2. The summed E-state index contributed by atoms with van der Waals surface area (Å²) in [7, 11) is 5.32. The van der Waals surface area contributed by atoms with E-state index in [-0.39, 0.29) is 24.8 Å². The minimum absolute atomic E-state index is 0.140. The zero-order valence-corrected chi connectivity index (χ0v) is 15.3. The number of hydrogen-bond acceptors (Lipinski definition) is 5. The van der Waals surface area contributed by atoms with Crippen LogP contribution in [0.25, 0.3) is 0 Å². The zero-order chi connectivity index (χ0) is 18.9. The molecule has 0 bridgehead atoms. The second-order valence-electron chi connectivity index (χ2n) is 5.86. The number of carbonyl (C=O) groups excluding carboxylic acids is 2. The highest BCUT2D eigenvalue weighted by Crippen LogP contribution is 2.16. The summed E-state index contributed by atoms with van der Waals surface area (Å²) in [5.41, 5.74) is 1.38. The summed E-state index contributed by atoms with van der Waals surface area (Å²) in [5, 5.41) is 5.58. The van der Waals surface area contributed by atoms with Crippen molar-refractivity contribution in [3.63, 3.8) is 0 Å². The molecule has 1 aromatic heterocycles. The summed E-state index contributed by atoms with van der Waals surface area (Å²) in [6.07, 6.45) is 1.91. The fraction of sp³-hybridized carbons (Fsp3) is 0.316. The number of rotatable bonds is 8. The lowest BCUT2D eigenvalue weighted by molar-refractivity contribution is -0.121. The monoisotopic (exact) mass is 356 g/mol. The van der Waals surface area contributed by atoms with Gasteiger partial charge in [0.25, 0.3) is 5.91 Å². The molecule has 138 valence electrons. The van der Waals surface area contributed by atoms with Gasteiger partial charge in [-0.2, -0.15) is 0 Å². The topological polar surface area (TPSA) is 83.6 Å². The standard InChI is InChI=1S/C19H24N4O3/c1-23(2)18-14(7-6-11-20-18)13-22-17(24)10-12-21-19(25)15-8-4-5-9-16(15)26-3/h4-9,11H,10,12-13H2,1-3H3,(H,21,25)(H,22,24). The van der Waals surface area contributed by atoms with Crippen LogP contribution in [0.2, 0.25) is 0 Å². The van der Waals surface area contributed by atoms with Crippen molar-refractivity contribution in [3.8, 4) is 5.75 Å². The van der Waals surface area contributed by atoms with Crippen LogP contribution in [0.15, 0.2) is 42.6 Å². The van der Waals surface area contributed by atoms with Gasteiger partial charge in [-0.25, -0.2) is 4.98 Å². The Morgan fingerprint density at radius 3 is 2.62 bits per heavy atom. The summed E-state index contributed by atoms with van der Waals surface area (Å²) >= 11 is 0. The molecule has 2 rings (SSSR count). The van der Waals surface area contributed by atoms with E-state index >= 15 is 0 Å². The van der Waals surface area contributed by atoms with Crippen molar-refractivity contribution in [2.24, 2.45) is 0 Å². The Morgan fingerprint density at radius 1 is 1.12 bits per heavy atom. The lowest BCUT2D eigenvalue weighted by Gasteiger charge is -2.16. The van der Waals surface area contributed by atoms with Crippen LogP contribution in [-0.4, -0.2) is 44.5 Å². The van der Waals surface area contributed by atoms with E-state index in [9.17, 15) is 9.59 Å². The third-order valence-corrected chi connectivity index (χ3v) is 3.76. The van der Waals surface area contributed by atoms with E-state index in [1.54, 1.807) is 30.5 Å². The second kappa shape index (κ2) is 9.41. The number of nitrogens with one attached hydrogen (secondary N) is 2. The smallest absolute Gasteiger partial charge is 0.255 e. The van der Waals surface area contributed by atoms with Crippen molar-refractivity contribution >= 4 is 17.6 Å². The summed E-state index contributed by atoms with van der Waals surface area (Å²) in [6.45, 7) is 0.636. The second-order valence-corrected chi connectivity index (χ2v) is 5.86. The molecule has 0 fully saturated rings. The van der Waals surface area contributed by atoms with E-state index < -0.39 is 0 Å². The molecule has 0 radical (unpaired) electrons. The van der Waals surface area contributed by atoms with Gasteiger partial charge in [-0.3, -0.25) is 9.59 Å². The van der Waals surface area contributed by atoms with E-state index in [0.29, 0.717) is 17.9 Å². The predicted molar refractivity (Wildman–Crippen MR) is 100 cm³/mol. The molecule has 7 nitrogen and oxygen atoms in total. The molecule has 0 aliphatic carbocycles. The molecule has 0 saturated heterocycles. The summed E-state index contributed by atoms with van der Waals surface area (Å²) in [6, 6.07) is 10.7. The van der Waals surface area contributed by atoms with E-state index in [1.807, 2.05) is 31.1 Å². The average molecular weight is 356 g/mol. The first kappa shape index (κ1) is 19.2. The molecule has 1 heterocycles.